The number of aromatic carboxylic acids is 1. The van der Waals surface area contributed by atoms with Gasteiger partial charge in [-0.3, -0.25) is 0 Å². The van der Waals surface area contributed by atoms with Gasteiger partial charge in [0.1, 0.15) is 0 Å². The largest absolute Gasteiger partial charge is 0.478 e. The lowest BCUT2D eigenvalue weighted by molar-refractivity contribution is 0.0695. The van der Waals surface area contributed by atoms with Gasteiger partial charge in [0.2, 0.25) is 0 Å². The van der Waals surface area contributed by atoms with E-state index in [2.05, 4.69) is 25.8 Å². The summed E-state index contributed by atoms with van der Waals surface area (Å²) in [6, 6.07) is 7.27. The molecule has 0 aromatic heterocycles. The summed E-state index contributed by atoms with van der Waals surface area (Å²) < 4.78 is 0. The molecular formula is C16H25NO2. The Morgan fingerprint density at radius 3 is 2.68 bits per heavy atom. The third kappa shape index (κ3) is 5.43. The maximum absolute atomic E-state index is 11.1. The first-order valence-electron chi connectivity index (χ1n) is 7.04. The summed E-state index contributed by atoms with van der Waals surface area (Å²) in [6.07, 6.45) is 3.25. The highest BCUT2D eigenvalue weighted by Gasteiger charge is 2.10. The van der Waals surface area contributed by atoms with Crippen LogP contribution in [0, 0.1) is 5.92 Å². The summed E-state index contributed by atoms with van der Waals surface area (Å²) >= 11 is 0. The standard InChI is InChI=1S/C16H25NO2/c1-4-7-13(2)12-17(3)11-10-14-8-5-6-9-15(14)16(18)19/h5-6,8-9,13H,4,7,10-12H2,1-3H3,(H,18,19). The van der Waals surface area contributed by atoms with Crippen LogP contribution < -0.4 is 0 Å². The minimum absolute atomic E-state index is 0.428. The van der Waals surface area contributed by atoms with E-state index < -0.39 is 5.97 Å². The zero-order valence-electron chi connectivity index (χ0n) is 12.2. The summed E-state index contributed by atoms with van der Waals surface area (Å²) in [4.78, 5) is 13.4. The van der Waals surface area contributed by atoms with Crippen LogP contribution in [-0.2, 0) is 6.42 Å². The van der Waals surface area contributed by atoms with Crippen LogP contribution in [0.15, 0.2) is 24.3 Å². The van der Waals surface area contributed by atoms with Gasteiger partial charge in [-0.05, 0) is 37.4 Å². The Hall–Kier alpha value is -1.35. The van der Waals surface area contributed by atoms with Crippen molar-refractivity contribution in [3.63, 3.8) is 0 Å². The smallest absolute Gasteiger partial charge is 0.335 e. The molecule has 1 aromatic carbocycles. The van der Waals surface area contributed by atoms with Gasteiger partial charge in [-0.25, -0.2) is 4.79 Å². The number of rotatable bonds is 8. The number of likely N-dealkylation sites (N-methyl/N-ethyl adjacent to an activating group) is 1. The van der Waals surface area contributed by atoms with E-state index >= 15 is 0 Å². The normalized spacial score (nSPS) is 12.6. The van der Waals surface area contributed by atoms with Crippen LogP contribution in [-0.4, -0.2) is 36.1 Å². The van der Waals surface area contributed by atoms with E-state index in [0.29, 0.717) is 11.5 Å². The Balaban J connectivity index is 2.50. The highest BCUT2D eigenvalue weighted by atomic mass is 16.4. The fourth-order valence-electron chi connectivity index (χ4n) is 2.47. The van der Waals surface area contributed by atoms with E-state index in [-0.39, 0.29) is 0 Å². The average Bonchev–Trinajstić information content (AvgIpc) is 2.36. The Labute approximate surface area is 116 Å². The van der Waals surface area contributed by atoms with Crippen LogP contribution in [0.2, 0.25) is 0 Å². The lowest BCUT2D eigenvalue weighted by Gasteiger charge is -2.21. The molecule has 0 bridgehead atoms. The Morgan fingerprint density at radius 1 is 1.37 bits per heavy atom. The van der Waals surface area contributed by atoms with Crippen molar-refractivity contribution in [3.8, 4) is 0 Å². The molecule has 1 atom stereocenters. The molecule has 0 heterocycles. The summed E-state index contributed by atoms with van der Waals surface area (Å²) in [7, 11) is 2.11. The molecule has 0 aliphatic heterocycles. The first kappa shape index (κ1) is 15.7. The summed E-state index contributed by atoms with van der Waals surface area (Å²) in [5.41, 5.74) is 1.35. The minimum Gasteiger partial charge on any atom is -0.478 e. The van der Waals surface area contributed by atoms with E-state index in [9.17, 15) is 4.79 Å². The SMILES string of the molecule is CCCC(C)CN(C)CCc1ccccc1C(=O)O. The third-order valence-electron chi connectivity index (χ3n) is 3.42. The molecule has 1 N–H and O–H groups in total. The molecule has 106 valence electrons. The fourth-order valence-corrected chi connectivity index (χ4v) is 2.47. The number of carboxylic acid groups (broad SMARTS) is 1. The molecule has 3 nitrogen and oxygen atoms in total. The summed E-state index contributed by atoms with van der Waals surface area (Å²) in [6.45, 7) is 6.45. The molecule has 3 heteroatoms. The van der Waals surface area contributed by atoms with Crippen LogP contribution in [0.5, 0.6) is 0 Å². The van der Waals surface area contributed by atoms with Crippen molar-refractivity contribution in [2.24, 2.45) is 5.92 Å². The van der Waals surface area contributed by atoms with Crippen molar-refractivity contribution in [1.82, 2.24) is 4.90 Å². The van der Waals surface area contributed by atoms with Crippen LogP contribution >= 0.6 is 0 Å². The molecular weight excluding hydrogens is 238 g/mol. The van der Waals surface area contributed by atoms with Crippen molar-refractivity contribution in [2.45, 2.75) is 33.1 Å². The molecule has 1 aromatic rings. The van der Waals surface area contributed by atoms with E-state index in [0.717, 1.165) is 25.1 Å². The Kier molecular flexibility index (Phi) is 6.57. The quantitative estimate of drug-likeness (QED) is 0.782. The molecule has 0 aliphatic rings. The van der Waals surface area contributed by atoms with Crippen LogP contribution in [0.1, 0.15) is 42.6 Å². The van der Waals surface area contributed by atoms with Gasteiger partial charge in [0.25, 0.3) is 0 Å². The number of nitrogens with zero attached hydrogens (tertiary/aromatic N) is 1. The molecule has 0 spiro atoms. The van der Waals surface area contributed by atoms with Gasteiger partial charge in [-0.1, -0.05) is 38.5 Å². The van der Waals surface area contributed by atoms with Crippen molar-refractivity contribution in [3.05, 3.63) is 35.4 Å². The molecule has 19 heavy (non-hydrogen) atoms. The molecule has 1 unspecified atom stereocenters. The monoisotopic (exact) mass is 263 g/mol. The van der Waals surface area contributed by atoms with E-state index in [4.69, 9.17) is 5.11 Å². The predicted molar refractivity (Wildman–Crippen MR) is 78.7 cm³/mol. The first-order valence-corrected chi connectivity index (χ1v) is 7.04. The summed E-state index contributed by atoms with van der Waals surface area (Å²) in [5, 5.41) is 9.13. The molecule has 1 rings (SSSR count). The van der Waals surface area contributed by atoms with E-state index in [1.807, 2.05) is 12.1 Å². The van der Waals surface area contributed by atoms with Crippen molar-refractivity contribution in [1.29, 1.82) is 0 Å². The molecule has 0 fully saturated rings. The predicted octanol–water partition coefficient (Wildman–Crippen LogP) is 3.30. The Morgan fingerprint density at radius 2 is 2.05 bits per heavy atom. The second kappa shape index (κ2) is 7.95. The van der Waals surface area contributed by atoms with Crippen molar-refractivity contribution < 1.29 is 9.90 Å². The molecule has 0 saturated heterocycles. The van der Waals surface area contributed by atoms with Gasteiger partial charge in [-0.2, -0.15) is 0 Å². The van der Waals surface area contributed by atoms with Gasteiger partial charge < -0.3 is 10.0 Å². The van der Waals surface area contributed by atoms with Gasteiger partial charge in [-0.15, -0.1) is 0 Å². The zero-order chi connectivity index (χ0) is 14.3. The van der Waals surface area contributed by atoms with Crippen LogP contribution in [0.25, 0.3) is 0 Å². The van der Waals surface area contributed by atoms with E-state index in [1.165, 1.54) is 12.8 Å². The molecule has 0 radical (unpaired) electrons. The Bertz CT molecular complexity index is 403. The van der Waals surface area contributed by atoms with Gasteiger partial charge in [0, 0.05) is 13.1 Å². The number of hydrogen-bond donors (Lipinski definition) is 1. The number of hydrogen-bond acceptors (Lipinski definition) is 2. The maximum Gasteiger partial charge on any atom is 0.335 e. The highest BCUT2D eigenvalue weighted by Crippen LogP contribution is 2.11. The lowest BCUT2D eigenvalue weighted by Crippen LogP contribution is -2.27. The maximum atomic E-state index is 11.1. The number of carbonyl (C=O) groups is 1. The van der Waals surface area contributed by atoms with Gasteiger partial charge >= 0.3 is 5.97 Å². The van der Waals surface area contributed by atoms with Gasteiger partial charge in [0.05, 0.1) is 5.56 Å². The van der Waals surface area contributed by atoms with Crippen molar-refractivity contribution >= 4 is 5.97 Å². The zero-order valence-corrected chi connectivity index (χ0v) is 12.2. The molecule has 0 aliphatic carbocycles. The van der Waals surface area contributed by atoms with Crippen LogP contribution in [0.3, 0.4) is 0 Å². The second-order valence-corrected chi connectivity index (χ2v) is 5.37. The number of benzene rings is 1. The van der Waals surface area contributed by atoms with Crippen molar-refractivity contribution in [2.75, 3.05) is 20.1 Å². The van der Waals surface area contributed by atoms with Gasteiger partial charge in [0.15, 0.2) is 0 Å². The first-order chi connectivity index (χ1) is 9.04. The molecule has 0 saturated carbocycles. The second-order valence-electron chi connectivity index (χ2n) is 5.37. The third-order valence-corrected chi connectivity index (χ3v) is 3.42. The lowest BCUT2D eigenvalue weighted by atomic mass is 10.0. The average molecular weight is 263 g/mol. The van der Waals surface area contributed by atoms with Crippen LogP contribution in [0.4, 0.5) is 0 Å². The van der Waals surface area contributed by atoms with E-state index in [1.54, 1.807) is 12.1 Å². The summed E-state index contributed by atoms with van der Waals surface area (Å²) in [5.74, 6) is -0.137. The minimum atomic E-state index is -0.836. The topological polar surface area (TPSA) is 40.5 Å². The molecule has 0 amide bonds. The number of carboxylic acids is 1. The fraction of sp³-hybridized carbons (Fsp3) is 0.562. The highest BCUT2D eigenvalue weighted by molar-refractivity contribution is 5.89.